The summed E-state index contributed by atoms with van der Waals surface area (Å²) in [6.45, 7) is 1.57. The Bertz CT molecular complexity index is 797. The maximum Gasteiger partial charge on any atom is 0.267 e. The third-order valence-electron chi connectivity index (χ3n) is 2.74. The third-order valence-corrected chi connectivity index (χ3v) is 4.60. The summed E-state index contributed by atoms with van der Waals surface area (Å²) in [5, 5.41) is 4.04. The number of nitrogens with one attached hydrogen (secondary N) is 1. The zero-order chi connectivity index (χ0) is 16.3. The average Bonchev–Trinajstić information content (AvgIpc) is 2.81. The van der Waals surface area contributed by atoms with Crippen LogP contribution in [0.2, 0.25) is 5.02 Å². The molecule has 118 valence electrons. The highest BCUT2D eigenvalue weighted by Gasteiger charge is 2.26. The lowest BCUT2D eigenvalue weighted by molar-refractivity contribution is 0.405. The number of nitrogens with zero attached hydrogens (tertiary/aromatic N) is 2. The first-order valence-electron chi connectivity index (χ1n) is 6.39. The Hall–Kier alpha value is -1.99. The van der Waals surface area contributed by atoms with Gasteiger partial charge in [0.2, 0.25) is 0 Å². The summed E-state index contributed by atoms with van der Waals surface area (Å²) in [6.07, 6.45) is 3.22. The van der Waals surface area contributed by atoms with Gasteiger partial charge in [-0.25, -0.2) is 8.42 Å². The van der Waals surface area contributed by atoms with Crippen LogP contribution in [0.3, 0.4) is 0 Å². The van der Waals surface area contributed by atoms with Crippen molar-refractivity contribution in [1.29, 1.82) is 0 Å². The fourth-order valence-corrected chi connectivity index (χ4v) is 3.37. The van der Waals surface area contributed by atoms with Gasteiger partial charge >= 0.3 is 0 Å². The fourth-order valence-electron chi connectivity index (χ4n) is 1.77. The molecule has 0 bridgehead atoms. The van der Waals surface area contributed by atoms with Crippen LogP contribution in [0.5, 0.6) is 0 Å². The summed E-state index contributed by atoms with van der Waals surface area (Å²) in [4.78, 5) is 1.75. The largest absolute Gasteiger partial charge is 0.383 e. The molecule has 0 saturated carbocycles. The molecule has 0 aliphatic heterocycles. The molecule has 1 heterocycles. The molecule has 0 amide bonds. The second-order valence-corrected chi connectivity index (χ2v) is 6.85. The molecule has 0 fully saturated rings. The fraction of sp³-hybridized carbons (Fsp3) is 0.214. The van der Waals surface area contributed by atoms with Gasteiger partial charge in [-0.3, -0.25) is 4.72 Å². The average molecular weight is 342 g/mol. The highest BCUT2D eigenvalue weighted by Crippen LogP contribution is 2.27. The number of halogens is 1. The van der Waals surface area contributed by atoms with Gasteiger partial charge in [-0.15, -0.1) is 0 Å². The number of aromatic nitrogens is 1. The van der Waals surface area contributed by atoms with Gasteiger partial charge in [0.05, 0.1) is 10.7 Å². The van der Waals surface area contributed by atoms with Gasteiger partial charge in [0.25, 0.3) is 10.0 Å². The molecule has 1 aromatic heterocycles. The number of para-hydroxylation sites is 1. The Kier molecular flexibility index (Phi) is 4.77. The van der Waals surface area contributed by atoms with E-state index in [4.69, 9.17) is 16.1 Å². The van der Waals surface area contributed by atoms with Gasteiger partial charge in [-0.2, -0.15) is 0 Å². The van der Waals surface area contributed by atoms with Crippen molar-refractivity contribution < 1.29 is 12.9 Å². The van der Waals surface area contributed by atoms with Crippen molar-refractivity contribution in [2.75, 3.05) is 18.8 Å². The van der Waals surface area contributed by atoms with E-state index >= 15 is 0 Å². The van der Waals surface area contributed by atoms with Crippen LogP contribution in [0.15, 0.2) is 39.9 Å². The summed E-state index contributed by atoms with van der Waals surface area (Å²) >= 11 is 5.99. The van der Waals surface area contributed by atoms with E-state index in [0.29, 0.717) is 10.7 Å². The summed E-state index contributed by atoms with van der Waals surface area (Å²) in [6, 6.07) is 6.60. The molecule has 0 aliphatic rings. The van der Waals surface area contributed by atoms with Crippen LogP contribution in [0, 0.1) is 6.92 Å². The number of aryl methyl sites for hydroxylation is 1. The van der Waals surface area contributed by atoms with E-state index in [0.717, 1.165) is 0 Å². The molecule has 8 heteroatoms. The zero-order valence-corrected chi connectivity index (χ0v) is 13.9. The molecular weight excluding hydrogens is 326 g/mol. The van der Waals surface area contributed by atoms with Gasteiger partial charge in [-0.1, -0.05) is 28.9 Å². The predicted molar refractivity (Wildman–Crippen MR) is 86.2 cm³/mol. The van der Waals surface area contributed by atoms with E-state index in [2.05, 4.69) is 9.88 Å². The standard InChI is InChI=1S/C14H16ClN3O3S/c1-10-14(13(21-16-10)8-9-18(2)3)22(19,20)17-12-7-5-4-6-11(12)15/h4-9,17H,1-3H3/b9-8+. The molecule has 0 saturated heterocycles. The Morgan fingerprint density at radius 2 is 2.00 bits per heavy atom. The van der Waals surface area contributed by atoms with Crippen molar-refractivity contribution in [2.45, 2.75) is 11.8 Å². The molecule has 0 spiro atoms. The van der Waals surface area contributed by atoms with Crippen LogP contribution in [-0.4, -0.2) is 32.6 Å². The second-order valence-electron chi connectivity index (χ2n) is 4.83. The van der Waals surface area contributed by atoms with Crippen molar-refractivity contribution in [3.8, 4) is 0 Å². The van der Waals surface area contributed by atoms with Crippen molar-refractivity contribution in [3.63, 3.8) is 0 Å². The minimum Gasteiger partial charge on any atom is -0.383 e. The van der Waals surface area contributed by atoms with Gasteiger partial charge in [-0.05, 0) is 19.1 Å². The molecule has 22 heavy (non-hydrogen) atoms. The summed E-state index contributed by atoms with van der Waals surface area (Å²) in [5.41, 5.74) is 0.574. The monoisotopic (exact) mass is 341 g/mol. The van der Waals surface area contributed by atoms with Crippen LogP contribution < -0.4 is 4.72 Å². The molecule has 0 unspecified atom stereocenters. The first-order chi connectivity index (χ1) is 10.3. The summed E-state index contributed by atoms with van der Waals surface area (Å²) in [5.74, 6) is 0.158. The number of anilines is 1. The minimum atomic E-state index is -3.86. The number of sulfonamides is 1. The maximum atomic E-state index is 12.6. The summed E-state index contributed by atoms with van der Waals surface area (Å²) < 4.78 is 32.7. The Labute approximate surface area is 134 Å². The van der Waals surface area contributed by atoms with Crippen LogP contribution in [-0.2, 0) is 10.0 Å². The van der Waals surface area contributed by atoms with E-state index < -0.39 is 10.0 Å². The highest BCUT2D eigenvalue weighted by atomic mass is 35.5. The third kappa shape index (κ3) is 3.61. The normalized spacial score (nSPS) is 11.8. The summed E-state index contributed by atoms with van der Waals surface area (Å²) in [7, 11) is -0.231. The Morgan fingerprint density at radius 3 is 2.64 bits per heavy atom. The molecule has 0 aliphatic carbocycles. The number of benzene rings is 1. The van der Waals surface area contributed by atoms with Crippen LogP contribution in [0.25, 0.3) is 6.08 Å². The first kappa shape index (κ1) is 16.4. The number of hydrogen-bond acceptors (Lipinski definition) is 5. The van der Waals surface area contributed by atoms with Gasteiger partial charge in [0, 0.05) is 26.4 Å². The second kappa shape index (κ2) is 6.41. The Morgan fingerprint density at radius 1 is 1.32 bits per heavy atom. The van der Waals surface area contributed by atoms with Crippen molar-refractivity contribution in [3.05, 3.63) is 46.9 Å². The van der Waals surface area contributed by atoms with Gasteiger partial charge in [0.1, 0.15) is 5.69 Å². The molecule has 2 rings (SSSR count). The number of hydrogen-bond donors (Lipinski definition) is 1. The molecule has 2 aromatic rings. The lowest BCUT2D eigenvalue weighted by Crippen LogP contribution is -2.14. The van der Waals surface area contributed by atoms with Crippen molar-refractivity contribution >= 4 is 33.4 Å². The van der Waals surface area contributed by atoms with Gasteiger partial charge in [0.15, 0.2) is 10.7 Å². The molecular formula is C14H16ClN3O3S. The molecule has 0 radical (unpaired) electrons. The molecule has 6 nitrogen and oxygen atoms in total. The Balaban J connectivity index is 2.42. The quantitative estimate of drug-likeness (QED) is 0.904. The lowest BCUT2D eigenvalue weighted by Gasteiger charge is -2.09. The molecule has 1 aromatic carbocycles. The number of rotatable bonds is 5. The SMILES string of the molecule is Cc1noc(/C=C/N(C)C)c1S(=O)(=O)Nc1ccccc1Cl. The van der Waals surface area contributed by atoms with E-state index in [1.165, 1.54) is 0 Å². The zero-order valence-electron chi connectivity index (χ0n) is 12.4. The minimum absolute atomic E-state index is 0.00878. The van der Waals surface area contributed by atoms with Crippen LogP contribution in [0.4, 0.5) is 5.69 Å². The maximum absolute atomic E-state index is 12.6. The van der Waals surface area contributed by atoms with Gasteiger partial charge < -0.3 is 9.42 Å². The predicted octanol–water partition coefficient (Wildman–Crippen LogP) is 2.97. The van der Waals surface area contributed by atoms with Crippen molar-refractivity contribution in [2.24, 2.45) is 0 Å². The molecule has 1 N–H and O–H groups in total. The van der Waals surface area contributed by atoms with Crippen LogP contribution >= 0.6 is 11.6 Å². The first-order valence-corrected chi connectivity index (χ1v) is 8.25. The topological polar surface area (TPSA) is 75.4 Å². The van der Waals surface area contributed by atoms with E-state index in [1.54, 1.807) is 48.4 Å². The molecule has 0 atom stereocenters. The van der Waals surface area contributed by atoms with E-state index in [-0.39, 0.29) is 16.3 Å². The van der Waals surface area contributed by atoms with Crippen molar-refractivity contribution in [1.82, 2.24) is 10.1 Å². The van der Waals surface area contributed by atoms with E-state index in [1.807, 2.05) is 14.1 Å². The smallest absolute Gasteiger partial charge is 0.267 e. The highest BCUT2D eigenvalue weighted by molar-refractivity contribution is 7.92. The lowest BCUT2D eigenvalue weighted by atomic mass is 10.3. The van der Waals surface area contributed by atoms with E-state index in [9.17, 15) is 8.42 Å². The van der Waals surface area contributed by atoms with Crippen LogP contribution in [0.1, 0.15) is 11.5 Å².